The lowest BCUT2D eigenvalue weighted by atomic mass is 10.2. The van der Waals surface area contributed by atoms with Crippen LogP contribution in [0.25, 0.3) is 0 Å². The minimum absolute atomic E-state index is 0.0207. The molecule has 2 heterocycles. The molecule has 5 nitrogen and oxygen atoms in total. The Balaban J connectivity index is 1.60. The van der Waals surface area contributed by atoms with Gasteiger partial charge in [0.1, 0.15) is 10.9 Å². The molecular weight excluding hydrogens is 338 g/mol. The number of carbonyl (C=O) groups excluding carboxylic acids is 1. The first-order valence-electron chi connectivity index (χ1n) is 8.42. The molecule has 1 saturated heterocycles. The summed E-state index contributed by atoms with van der Waals surface area (Å²) in [5.41, 5.74) is 1.81. The van der Waals surface area contributed by atoms with Crippen molar-refractivity contribution in [1.82, 2.24) is 14.8 Å². The van der Waals surface area contributed by atoms with Crippen LogP contribution >= 0.6 is 11.6 Å². The second kappa shape index (κ2) is 8.32. The number of aromatic nitrogens is 1. The predicted octanol–water partition coefficient (Wildman–Crippen LogP) is 3.09. The zero-order valence-electron chi connectivity index (χ0n) is 14.3. The molecule has 0 saturated carbocycles. The smallest absolute Gasteiger partial charge is 0.255 e. The van der Waals surface area contributed by atoms with Crippen LogP contribution in [0, 0.1) is 0 Å². The van der Waals surface area contributed by atoms with Gasteiger partial charge in [0.2, 0.25) is 0 Å². The van der Waals surface area contributed by atoms with Gasteiger partial charge >= 0.3 is 0 Å². The SMILES string of the molecule is COc1cccc(CN2CCCN(C(=O)c3ccc(Cl)nc3)CC2)c1. The average Bonchev–Trinajstić information content (AvgIpc) is 2.87. The van der Waals surface area contributed by atoms with Gasteiger partial charge in [0.05, 0.1) is 12.7 Å². The van der Waals surface area contributed by atoms with Crippen LogP contribution in [-0.2, 0) is 6.54 Å². The fourth-order valence-corrected chi connectivity index (χ4v) is 3.16. The quantitative estimate of drug-likeness (QED) is 0.787. The zero-order chi connectivity index (χ0) is 17.6. The van der Waals surface area contributed by atoms with Gasteiger partial charge in [-0.1, -0.05) is 23.7 Å². The van der Waals surface area contributed by atoms with Gasteiger partial charge in [0.15, 0.2) is 0 Å². The highest BCUT2D eigenvalue weighted by Gasteiger charge is 2.20. The number of ether oxygens (including phenoxy) is 1. The average molecular weight is 360 g/mol. The maximum absolute atomic E-state index is 12.6. The van der Waals surface area contributed by atoms with Crippen LogP contribution in [0.2, 0.25) is 5.15 Å². The highest BCUT2D eigenvalue weighted by atomic mass is 35.5. The Hall–Kier alpha value is -2.11. The van der Waals surface area contributed by atoms with Crippen molar-refractivity contribution in [2.24, 2.45) is 0 Å². The topological polar surface area (TPSA) is 45.7 Å². The summed E-state index contributed by atoms with van der Waals surface area (Å²) in [5, 5.41) is 0.400. The predicted molar refractivity (Wildman–Crippen MR) is 98.0 cm³/mol. The molecule has 0 atom stereocenters. The molecule has 0 aliphatic carbocycles. The molecule has 1 aromatic carbocycles. The molecule has 25 heavy (non-hydrogen) atoms. The first kappa shape index (κ1) is 17.7. The van der Waals surface area contributed by atoms with E-state index in [4.69, 9.17) is 16.3 Å². The van der Waals surface area contributed by atoms with Crippen LogP contribution in [0.4, 0.5) is 0 Å². The van der Waals surface area contributed by atoms with Gasteiger partial charge in [0.25, 0.3) is 5.91 Å². The van der Waals surface area contributed by atoms with Gasteiger partial charge in [-0.05, 0) is 36.2 Å². The lowest BCUT2D eigenvalue weighted by Crippen LogP contribution is -2.35. The fourth-order valence-electron chi connectivity index (χ4n) is 3.05. The summed E-state index contributed by atoms with van der Waals surface area (Å²) in [5.74, 6) is 0.895. The number of hydrogen-bond acceptors (Lipinski definition) is 4. The third kappa shape index (κ3) is 4.71. The number of nitrogens with zero attached hydrogens (tertiary/aromatic N) is 3. The Bertz CT molecular complexity index is 721. The van der Waals surface area contributed by atoms with Crippen LogP contribution in [0.15, 0.2) is 42.6 Å². The van der Waals surface area contributed by atoms with Crippen LogP contribution in [0.1, 0.15) is 22.3 Å². The molecule has 6 heteroatoms. The van der Waals surface area contributed by atoms with Gasteiger partial charge < -0.3 is 9.64 Å². The Labute approximate surface area is 153 Å². The minimum Gasteiger partial charge on any atom is -0.497 e. The summed E-state index contributed by atoms with van der Waals surface area (Å²) in [4.78, 5) is 20.9. The van der Waals surface area contributed by atoms with Gasteiger partial charge in [-0.3, -0.25) is 9.69 Å². The van der Waals surface area contributed by atoms with Crippen molar-refractivity contribution in [1.29, 1.82) is 0 Å². The summed E-state index contributed by atoms with van der Waals surface area (Å²) < 4.78 is 5.29. The maximum Gasteiger partial charge on any atom is 0.255 e. The largest absolute Gasteiger partial charge is 0.497 e. The van der Waals surface area contributed by atoms with Gasteiger partial charge in [-0.25, -0.2) is 4.98 Å². The highest BCUT2D eigenvalue weighted by Crippen LogP contribution is 2.16. The molecule has 0 N–H and O–H groups in total. The molecular formula is C19H22ClN3O2. The van der Waals surface area contributed by atoms with Crippen LogP contribution < -0.4 is 4.74 Å². The van der Waals surface area contributed by atoms with E-state index >= 15 is 0 Å². The molecule has 3 rings (SSSR count). The molecule has 1 aromatic heterocycles. The summed E-state index contributed by atoms with van der Waals surface area (Å²) in [6.07, 6.45) is 2.50. The molecule has 132 valence electrons. The lowest BCUT2D eigenvalue weighted by Gasteiger charge is -2.22. The van der Waals surface area contributed by atoms with Crippen molar-refractivity contribution in [2.75, 3.05) is 33.3 Å². The number of halogens is 1. The summed E-state index contributed by atoms with van der Waals surface area (Å²) in [6, 6.07) is 11.5. The van der Waals surface area contributed by atoms with E-state index in [1.807, 2.05) is 17.0 Å². The number of benzene rings is 1. The van der Waals surface area contributed by atoms with E-state index < -0.39 is 0 Å². The van der Waals surface area contributed by atoms with Gasteiger partial charge in [0, 0.05) is 38.9 Å². The van der Waals surface area contributed by atoms with Crippen molar-refractivity contribution in [3.8, 4) is 5.75 Å². The normalized spacial score (nSPS) is 15.7. The molecule has 1 aliphatic heterocycles. The first-order valence-corrected chi connectivity index (χ1v) is 8.79. The van der Waals surface area contributed by atoms with Crippen LogP contribution in [0.5, 0.6) is 5.75 Å². The van der Waals surface area contributed by atoms with E-state index in [0.717, 1.165) is 38.3 Å². The van der Waals surface area contributed by atoms with Gasteiger partial charge in [-0.2, -0.15) is 0 Å². The van der Waals surface area contributed by atoms with Crippen LogP contribution in [0.3, 0.4) is 0 Å². The van der Waals surface area contributed by atoms with Crippen LogP contribution in [-0.4, -0.2) is 54.0 Å². The van der Waals surface area contributed by atoms with Crippen molar-refractivity contribution < 1.29 is 9.53 Å². The minimum atomic E-state index is 0.0207. The van der Waals surface area contributed by atoms with Crippen molar-refractivity contribution in [3.05, 3.63) is 58.9 Å². The Morgan fingerprint density at radius 1 is 1.20 bits per heavy atom. The molecule has 1 amide bonds. The molecule has 0 bridgehead atoms. The molecule has 0 spiro atoms. The van der Waals surface area contributed by atoms with E-state index in [1.54, 1.807) is 25.4 Å². The third-order valence-corrected chi connectivity index (χ3v) is 4.61. The Morgan fingerprint density at radius 2 is 2.08 bits per heavy atom. The number of methoxy groups -OCH3 is 1. The van der Waals surface area contributed by atoms with E-state index in [1.165, 1.54) is 5.56 Å². The number of amides is 1. The third-order valence-electron chi connectivity index (χ3n) is 4.39. The Kier molecular flexibility index (Phi) is 5.89. The summed E-state index contributed by atoms with van der Waals surface area (Å²) >= 11 is 5.79. The standard InChI is InChI=1S/C19H22ClN3O2/c1-25-17-5-2-4-15(12-17)14-22-8-3-9-23(11-10-22)19(24)16-6-7-18(20)21-13-16/h2,4-7,12-13H,3,8-11,14H2,1H3. The molecule has 0 radical (unpaired) electrons. The number of pyridine rings is 1. The molecule has 1 aliphatic rings. The summed E-state index contributed by atoms with van der Waals surface area (Å²) in [7, 11) is 1.68. The van der Waals surface area contributed by atoms with Crippen molar-refractivity contribution in [3.63, 3.8) is 0 Å². The monoisotopic (exact) mass is 359 g/mol. The molecule has 2 aromatic rings. The molecule has 1 fully saturated rings. The van der Waals surface area contributed by atoms with Crippen molar-refractivity contribution in [2.45, 2.75) is 13.0 Å². The molecule has 0 unspecified atom stereocenters. The maximum atomic E-state index is 12.6. The van der Waals surface area contributed by atoms with E-state index in [9.17, 15) is 4.79 Å². The lowest BCUT2D eigenvalue weighted by molar-refractivity contribution is 0.0760. The van der Waals surface area contributed by atoms with Gasteiger partial charge in [-0.15, -0.1) is 0 Å². The number of hydrogen-bond donors (Lipinski definition) is 0. The van der Waals surface area contributed by atoms with E-state index in [2.05, 4.69) is 22.0 Å². The second-order valence-electron chi connectivity index (χ2n) is 6.14. The van der Waals surface area contributed by atoms with Crippen molar-refractivity contribution >= 4 is 17.5 Å². The van der Waals surface area contributed by atoms with E-state index in [0.29, 0.717) is 17.3 Å². The summed E-state index contributed by atoms with van der Waals surface area (Å²) in [6.45, 7) is 4.16. The zero-order valence-corrected chi connectivity index (χ0v) is 15.1. The second-order valence-corrected chi connectivity index (χ2v) is 6.53. The highest BCUT2D eigenvalue weighted by molar-refractivity contribution is 6.29. The number of carbonyl (C=O) groups is 1. The Morgan fingerprint density at radius 3 is 2.84 bits per heavy atom. The first-order chi connectivity index (χ1) is 12.2. The fraction of sp³-hybridized carbons (Fsp3) is 0.368. The number of rotatable bonds is 4. The van der Waals surface area contributed by atoms with E-state index in [-0.39, 0.29) is 5.91 Å².